The van der Waals surface area contributed by atoms with Crippen molar-refractivity contribution < 1.29 is 17.9 Å². The van der Waals surface area contributed by atoms with E-state index in [2.05, 4.69) is 0 Å². The fourth-order valence-electron chi connectivity index (χ4n) is 2.82. The van der Waals surface area contributed by atoms with E-state index < -0.39 is 21.3 Å². The van der Waals surface area contributed by atoms with E-state index in [0.29, 0.717) is 19.4 Å². The number of hydrogen-bond acceptors (Lipinski definition) is 5. The molecule has 2 rings (SSSR count). The molecule has 7 heteroatoms. The van der Waals surface area contributed by atoms with Crippen LogP contribution in [0.4, 0.5) is 0 Å². The Morgan fingerprint density at radius 1 is 1.41 bits per heavy atom. The molecular weight excluding hydrogens is 304 g/mol. The number of piperidine rings is 1. The summed E-state index contributed by atoms with van der Waals surface area (Å²) in [5, 5.41) is 4.64. The smallest absolute Gasteiger partial charge is 0.327 e. The molecule has 6 nitrogen and oxygen atoms in total. The van der Waals surface area contributed by atoms with Gasteiger partial charge in [-0.15, -0.1) is 0 Å². The fourth-order valence-corrected chi connectivity index (χ4v) is 3.72. The van der Waals surface area contributed by atoms with Crippen molar-refractivity contribution in [1.82, 2.24) is 4.90 Å². The molecule has 0 unspecified atom stereocenters. The molecule has 0 spiro atoms. The maximum absolute atomic E-state index is 12.4. The van der Waals surface area contributed by atoms with E-state index in [1.165, 1.54) is 0 Å². The maximum atomic E-state index is 12.4. The Balaban J connectivity index is 2.27. The summed E-state index contributed by atoms with van der Waals surface area (Å²) in [4.78, 5) is 14.2. The van der Waals surface area contributed by atoms with Gasteiger partial charge in [0.05, 0.1) is 11.9 Å². The predicted molar refractivity (Wildman–Crippen MR) is 83.5 cm³/mol. The van der Waals surface area contributed by atoms with Crippen LogP contribution in [-0.2, 0) is 19.6 Å². The summed E-state index contributed by atoms with van der Waals surface area (Å²) in [6.07, 6.45) is 1.21. The highest BCUT2D eigenvalue weighted by Crippen LogP contribution is 2.27. The van der Waals surface area contributed by atoms with Crippen molar-refractivity contribution in [3.8, 4) is 0 Å². The van der Waals surface area contributed by atoms with E-state index in [1.807, 2.05) is 35.2 Å². The third-order valence-electron chi connectivity index (χ3n) is 3.86. The molecule has 1 saturated heterocycles. The lowest BCUT2D eigenvalue weighted by atomic mass is 10.0. The number of ether oxygens (including phenoxy) is 1. The molecule has 22 heavy (non-hydrogen) atoms. The summed E-state index contributed by atoms with van der Waals surface area (Å²) >= 11 is 0. The van der Waals surface area contributed by atoms with Crippen molar-refractivity contribution in [2.75, 3.05) is 19.7 Å². The summed E-state index contributed by atoms with van der Waals surface area (Å²) < 4.78 is 28.4. The second-order valence-corrected chi connectivity index (χ2v) is 7.26. The number of carbonyl (C=O) groups is 1. The molecule has 0 amide bonds. The molecule has 0 radical (unpaired) electrons. The third kappa shape index (κ3) is 4.06. The van der Waals surface area contributed by atoms with Crippen LogP contribution in [0.25, 0.3) is 0 Å². The first-order valence-electron chi connectivity index (χ1n) is 7.40. The number of sulfonamides is 1. The van der Waals surface area contributed by atoms with Gasteiger partial charge in [0.2, 0.25) is 10.0 Å². The summed E-state index contributed by atoms with van der Waals surface area (Å²) in [6.45, 7) is 2.93. The first kappa shape index (κ1) is 16.9. The molecule has 1 aromatic rings. The monoisotopic (exact) mass is 326 g/mol. The minimum Gasteiger partial charge on any atom is -0.465 e. The number of benzene rings is 1. The zero-order valence-corrected chi connectivity index (χ0v) is 13.5. The van der Waals surface area contributed by atoms with E-state index in [0.717, 1.165) is 5.56 Å². The van der Waals surface area contributed by atoms with Crippen LogP contribution < -0.4 is 5.14 Å². The van der Waals surface area contributed by atoms with E-state index in [4.69, 9.17) is 9.88 Å². The normalized spacial score (nSPS) is 21.3. The van der Waals surface area contributed by atoms with Gasteiger partial charge in [-0.25, -0.2) is 18.4 Å². The molecule has 0 aromatic heterocycles. The van der Waals surface area contributed by atoms with Crippen LogP contribution in [-0.4, -0.2) is 44.2 Å². The highest BCUT2D eigenvalue weighted by atomic mass is 32.2. The molecule has 0 bridgehead atoms. The Bertz CT molecular complexity index is 603. The molecular formula is C15H22N2O4S. The molecule has 1 fully saturated rings. The van der Waals surface area contributed by atoms with Crippen molar-refractivity contribution in [3.05, 3.63) is 35.9 Å². The first-order valence-corrected chi connectivity index (χ1v) is 9.01. The molecule has 2 atom stereocenters. The summed E-state index contributed by atoms with van der Waals surface area (Å²) in [5.41, 5.74) is 0.802. The summed E-state index contributed by atoms with van der Waals surface area (Å²) in [5.74, 6) is -0.358. The van der Waals surface area contributed by atoms with Crippen LogP contribution in [0.2, 0.25) is 0 Å². The lowest BCUT2D eigenvalue weighted by Crippen LogP contribution is -2.48. The second kappa shape index (κ2) is 7.21. The van der Waals surface area contributed by atoms with Gasteiger partial charge in [0.1, 0.15) is 6.04 Å². The average Bonchev–Trinajstić information content (AvgIpc) is 2.48. The third-order valence-corrected chi connectivity index (χ3v) is 5.18. The van der Waals surface area contributed by atoms with Gasteiger partial charge in [0, 0.05) is 6.54 Å². The van der Waals surface area contributed by atoms with Gasteiger partial charge in [-0.1, -0.05) is 30.3 Å². The molecule has 0 aliphatic carbocycles. The highest BCUT2D eigenvalue weighted by Gasteiger charge is 2.36. The lowest BCUT2D eigenvalue weighted by Gasteiger charge is -2.36. The lowest BCUT2D eigenvalue weighted by molar-refractivity contribution is -0.150. The maximum Gasteiger partial charge on any atom is 0.327 e. The van der Waals surface area contributed by atoms with Gasteiger partial charge in [-0.2, -0.15) is 0 Å². The second-order valence-electron chi connectivity index (χ2n) is 5.41. The zero-order chi connectivity index (χ0) is 16.2. The van der Waals surface area contributed by atoms with Crippen LogP contribution in [0, 0.1) is 0 Å². The predicted octanol–water partition coefficient (Wildman–Crippen LogP) is 1.04. The van der Waals surface area contributed by atoms with Crippen LogP contribution in [0.15, 0.2) is 30.3 Å². The quantitative estimate of drug-likeness (QED) is 0.817. The molecule has 1 heterocycles. The Hall–Kier alpha value is -1.44. The van der Waals surface area contributed by atoms with Crippen molar-refractivity contribution in [2.24, 2.45) is 5.14 Å². The number of carbonyl (C=O) groups excluding carboxylic acids is 1. The Morgan fingerprint density at radius 2 is 2.09 bits per heavy atom. The number of likely N-dealkylation sites (tertiary alicyclic amines) is 1. The van der Waals surface area contributed by atoms with Crippen molar-refractivity contribution in [1.29, 1.82) is 0 Å². The minimum atomic E-state index is -3.61. The highest BCUT2D eigenvalue weighted by molar-refractivity contribution is 7.89. The van der Waals surface area contributed by atoms with Crippen LogP contribution in [0.3, 0.4) is 0 Å². The molecule has 0 saturated carbocycles. The zero-order valence-electron chi connectivity index (χ0n) is 12.6. The van der Waals surface area contributed by atoms with Gasteiger partial charge in [-0.05, 0) is 31.9 Å². The summed E-state index contributed by atoms with van der Waals surface area (Å²) in [6, 6.07) is 8.68. The fraction of sp³-hybridized carbons (Fsp3) is 0.533. The first-order chi connectivity index (χ1) is 10.4. The molecule has 1 aliphatic rings. The van der Waals surface area contributed by atoms with Crippen molar-refractivity contribution in [3.63, 3.8) is 0 Å². The summed E-state index contributed by atoms with van der Waals surface area (Å²) in [7, 11) is -3.61. The van der Waals surface area contributed by atoms with Gasteiger partial charge < -0.3 is 4.74 Å². The van der Waals surface area contributed by atoms with Gasteiger partial charge in [0.25, 0.3) is 0 Å². The topological polar surface area (TPSA) is 89.7 Å². The van der Waals surface area contributed by atoms with Crippen LogP contribution in [0.5, 0.6) is 0 Å². The van der Waals surface area contributed by atoms with Gasteiger partial charge in [-0.3, -0.25) is 4.90 Å². The molecule has 122 valence electrons. The Kier molecular flexibility index (Phi) is 5.55. The minimum absolute atomic E-state index is 0.247. The number of rotatable bonds is 5. The molecule has 1 aliphatic heterocycles. The number of nitrogens with zero attached hydrogens (tertiary/aromatic N) is 1. The van der Waals surface area contributed by atoms with E-state index >= 15 is 0 Å². The number of hydrogen-bond donors (Lipinski definition) is 1. The van der Waals surface area contributed by atoms with Gasteiger partial charge >= 0.3 is 5.97 Å². The largest absolute Gasteiger partial charge is 0.465 e. The van der Waals surface area contributed by atoms with Crippen LogP contribution >= 0.6 is 0 Å². The Labute approximate surface area is 131 Å². The SMILES string of the molecule is CCOC(=O)[C@H](c1ccccc1)N1CCC[C@@H](S(N)(=O)=O)C1. The molecule has 2 N–H and O–H groups in total. The number of primary sulfonamides is 1. The molecule has 1 aromatic carbocycles. The van der Waals surface area contributed by atoms with Gasteiger partial charge in [0.15, 0.2) is 0 Å². The standard InChI is InChI=1S/C15H22N2O4S/c1-2-21-15(18)14(12-7-4-3-5-8-12)17-10-6-9-13(11-17)22(16,19)20/h3-5,7-8,13-14H,2,6,9-11H2,1H3,(H2,16,19,20)/t13-,14+/m1/s1. The van der Waals surface area contributed by atoms with E-state index in [9.17, 15) is 13.2 Å². The van der Waals surface area contributed by atoms with Crippen LogP contribution in [0.1, 0.15) is 31.4 Å². The van der Waals surface area contributed by atoms with Crippen molar-refractivity contribution in [2.45, 2.75) is 31.1 Å². The van der Waals surface area contributed by atoms with E-state index in [1.54, 1.807) is 6.92 Å². The average molecular weight is 326 g/mol. The Morgan fingerprint density at radius 3 is 2.68 bits per heavy atom. The number of nitrogens with two attached hydrogens (primary N) is 1. The van der Waals surface area contributed by atoms with Crippen molar-refractivity contribution >= 4 is 16.0 Å². The van der Waals surface area contributed by atoms with E-state index in [-0.39, 0.29) is 19.1 Å². The number of esters is 1.